The molecule has 3 rings (SSSR count). The highest BCUT2D eigenvalue weighted by Crippen LogP contribution is 2.30. The quantitative estimate of drug-likeness (QED) is 0.517. The lowest BCUT2D eigenvalue weighted by atomic mass is 10.1. The number of aryl methyl sites for hydroxylation is 1. The summed E-state index contributed by atoms with van der Waals surface area (Å²) in [6.45, 7) is 4.12. The monoisotopic (exact) mass is 351 g/mol. The molecule has 0 aliphatic heterocycles. The van der Waals surface area contributed by atoms with Crippen LogP contribution in [0.25, 0.3) is 10.9 Å². The number of benzene rings is 2. The highest BCUT2D eigenvalue weighted by molar-refractivity contribution is 8.00. The number of aromatic amines is 1. The number of rotatable bonds is 5. The number of carbonyl (C=O) groups is 1. The number of nitriles is 1. The third kappa shape index (κ3) is 3.62. The Bertz CT molecular complexity index is 972. The van der Waals surface area contributed by atoms with E-state index in [4.69, 9.17) is 10.00 Å². The first-order valence-electron chi connectivity index (χ1n) is 7.85. The van der Waals surface area contributed by atoms with Crippen molar-refractivity contribution in [2.24, 2.45) is 0 Å². The number of esters is 1. The maximum atomic E-state index is 12.0. The molecular weight excluding hydrogens is 334 g/mol. The predicted octanol–water partition coefficient (Wildman–Crippen LogP) is 4.64. The first kappa shape index (κ1) is 16.9. The SMILES string of the molecule is CCOC(=O)c1cc2c(C)ccc(NSc3cccc(C#N)c3)c2[nH]1. The van der Waals surface area contributed by atoms with Crippen LogP contribution in [-0.2, 0) is 4.74 Å². The molecule has 0 atom stereocenters. The molecule has 3 aromatic rings. The second-order valence-corrected chi connectivity index (χ2v) is 6.35. The fourth-order valence-electron chi connectivity index (χ4n) is 2.51. The molecule has 5 nitrogen and oxygen atoms in total. The fraction of sp³-hybridized carbons (Fsp3) is 0.158. The van der Waals surface area contributed by atoms with Gasteiger partial charge in [-0.3, -0.25) is 0 Å². The maximum absolute atomic E-state index is 12.0. The van der Waals surface area contributed by atoms with E-state index in [0.717, 1.165) is 27.0 Å². The Morgan fingerprint density at radius 3 is 2.92 bits per heavy atom. The van der Waals surface area contributed by atoms with E-state index in [0.29, 0.717) is 17.9 Å². The van der Waals surface area contributed by atoms with Gasteiger partial charge in [0, 0.05) is 10.3 Å². The molecule has 0 saturated carbocycles. The van der Waals surface area contributed by atoms with Crippen LogP contribution in [0, 0.1) is 18.3 Å². The Kier molecular flexibility index (Phi) is 4.96. The van der Waals surface area contributed by atoms with Crippen molar-refractivity contribution in [2.45, 2.75) is 18.7 Å². The summed E-state index contributed by atoms with van der Waals surface area (Å²) >= 11 is 1.41. The van der Waals surface area contributed by atoms with Crippen LogP contribution in [0.4, 0.5) is 5.69 Å². The van der Waals surface area contributed by atoms with E-state index in [-0.39, 0.29) is 5.97 Å². The van der Waals surface area contributed by atoms with Crippen LogP contribution >= 0.6 is 11.9 Å². The van der Waals surface area contributed by atoms with E-state index < -0.39 is 0 Å². The van der Waals surface area contributed by atoms with Gasteiger partial charge in [-0.15, -0.1) is 0 Å². The van der Waals surface area contributed by atoms with Crippen LogP contribution in [0.15, 0.2) is 47.4 Å². The van der Waals surface area contributed by atoms with Crippen molar-refractivity contribution in [1.29, 1.82) is 5.26 Å². The zero-order valence-corrected chi connectivity index (χ0v) is 14.7. The van der Waals surface area contributed by atoms with Gasteiger partial charge >= 0.3 is 5.97 Å². The van der Waals surface area contributed by atoms with Crippen LogP contribution in [-0.4, -0.2) is 17.6 Å². The average molecular weight is 351 g/mol. The number of carbonyl (C=O) groups excluding carboxylic acids is 1. The minimum absolute atomic E-state index is 0.337. The number of hydrogen-bond acceptors (Lipinski definition) is 5. The number of hydrogen-bond donors (Lipinski definition) is 2. The molecule has 0 radical (unpaired) electrons. The van der Waals surface area contributed by atoms with Gasteiger partial charge in [-0.1, -0.05) is 12.1 Å². The minimum atomic E-state index is -0.363. The lowest BCUT2D eigenvalue weighted by Gasteiger charge is -2.08. The Morgan fingerprint density at radius 2 is 2.16 bits per heavy atom. The number of anilines is 1. The van der Waals surface area contributed by atoms with Gasteiger partial charge in [-0.05, 0) is 61.7 Å². The third-order valence-electron chi connectivity index (χ3n) is 3.75. The summed E-state index contributed by atoms with van der Waals surface area (Å²) in [6.07, 6.45) is 0. The zero-order chi connectivity index (χ0) is 17.8. The van der Waals surface area contributed by atoms with Crippen LogP contribution < -0.4 is 4.72 Å². The van der Waals surface area contributed by atoms with Gasteiger partial charge in [0.05, 0.1) is 29.4 Å². The summed E-state index contributed by atoms with van der Waals surface area (Å²) < 4.78 is 8.36. The zero-order valence-electron chi connectivity index (χ0n) is 13.9. The van der Waals surface area contributed by atoms with E-state index >= 15 is 0 Å². The fourth-order valence-corrected chi connectivity index (χ4v) is 3.24. The van der Waals surface area contributed by atoms with Crippen LogP contribution in [0.2, 0.25) is 0 Å². The van der Waals surface area contributed by atoms with Gasteiger partial charge in [-0.2, -0.15) is 5.26 Å². The molecule has 2 aromatic carbocycles. The topological polar surface area (TPSA) is 77.9 Å². The maximum Gasteiger partial charge on any atom is 0.354 e. The minimum Gasteiger partial charge on any atom is -0.461 e. The normalized spacial score (nSPS) is 10.4. The summed E-state index contributed by atoms with van der Waals surface area (Å²) in [7, 11) is 0. The van der Waals surface area contributed by atoms with E-state index in [1.54, 1.807) is 13.0 Å². The van der Waals surface area contributed by atoms with Gasteiger partial charge in [0.25, 0.3) is 0 Å². The summed E-state index contributed by atoms with van der Waals surface area (Å²) in [4.78, 5) is 16.1. The molecule has 2 N–H and O–H groups in total. The molecule has 0 bridgehead atoms. The Balaban J connectivity index is 1.89. The lowest BCUT2D eigenvalue weighted by Crippen LogP contribution is -2.04. The molecule has 6 heteroatoms. The smallest absolute Gasteiger partial charge is 0.354 e. The van der Waals surface area contributed by atoms with Gasteiger partial charge in [-0.25, -0.2) is 4.79 Å². The van der Waals surface area contributed by atoms with E-state index in [1.807, 2.05) is 43.3 Å². The third-order valence-corrected chi connectivity index (χ3v) is 4.56. The van der Waals surface area contributed by atoms with Crippen molar-refractivity contribution in [3.8, 4) is 6.07 Å². The molecule has 25 heavy (non-hydrogen) atoms. The summed E-state index contributed by atoms with van der Waals surface area (Å²) in [6, 6.07) is 15.3. The van der Waals surface area contributed by atoms with Gasteiger partial charge < -0.3 is 14.4 Å². The molecule has 0 aliphatic rings. The number of nitrogens with zero attached hydrogens (tertiary/aromatic N) is 1. The highest BCUT2D eigenvalue weighted by atomic mass is 32.2. The molecule has 126 valence electrons. The largest absolute Gasteiger partial charge is 0.461 e. The average Bonchev–Trinajstić information content (AvgIpc) is 3.08. The number of H-pyrrole nitrogens is 1. The van der Waals surface area contributed by atoms with Crippen molar-refractivity contribution in [3.05, 3.63) is 59.3 Å². The van der Waals surface area contributed by atoms with Gasteiger partial charge in [0.1, 0.15) is 5.69 Å². The van der Waals surface area contributed by atoms with Crippen LogP contribution in [0.1, 0.15) is 28.5 Å². The van der Waals surface area contributed by atoms with Crippen molar-refractivity contribution >= 4 is 34.5 Å². The lowest BCUT2D eigenvalue weighted by molar-refractivity contribution is 0.0520. The number of ether oxygens (including phenoxy) is 1. The van der Waals surface area contributed by atoms with Crippen molar-refractivity contribution in [3.63, 3.8) is 0 Å². The van der Waals surface area contributed by atoms with E-state index in [1.165, 1.54) is 11.9 Å². The molecule has 0 spiro atoms. The van der Waals surface area contributed by atoms with Gasteiger partial charge in [0.15, 0.2) is 0 Å². The molecule has 0 saturated heterocycles. The first-order valence-corrected chi connectivity index (χ1v) is 8.66. The second kappa shape index (κ2) is 7.32. The van der Waals surface area contributed by atoms with Crippen molar-refractivity contribution in [2.75, 3.05) is 11.3 Å². The van der Waals surface area contributed by atoms with Gasteiger partial charge in [0.2, 0.25) is 0 Å². The Morgan fingerprint density at radius 1 is 1.32 bits per heavy atom. The van der Waals surface area contributed by atoms with Crippen molar-refractivity contribution in [1.82, 2.24) is 4.98 Å². The van der Waals surface area contributed by atoms with Crippen molar-refractivity contribution < 1.29 is 9.53 Å². The number of fused-ring (bicyclic) bond motifs is 1. The summed E-state index contributed by atoms with van der Waals surface area (Å²) in [5.74, 6) is -0.363. The molecule has 1 aromatic heterocycles. The van der Waals surface area contributed by atoms with Crippen LogP contribution in [0.3, 0.4) is 0 Å². The standard InChI is InChI=1S/C19H17N3O2S/c1-3-24-19(23)17-10-15-12(2)7-8-16(18(15)21-17)22-25-14-6-4-5-13(9-14)11-20/h4-10,21-22H,3H2,1-2H3. The summed E-state index contributed by atoms with van der Waals surface area (Å²) in [5, 5.41) is 9.96. The molecule has 0 fully saturated rings. The Labute approximate surface area is 150 Å². The highest BCUT2D eigenvalue weighted by Gasteiger charge is 2.14. The van der Waals surface area contributed by atoms with Crippen LogP contribution in [0.5, 0.6) is 0 Å². The number of nitrogens with one attached hydrogen (secondary N) is 2. The number of aromatic nitrogens is 1. The molecule has 0 unspecified atom stereocenters. The van der Waals surface area contributed by atoms with E-state index in [2.05, 4.69) is 15.8 Å². The first-order chi connectivity index (χ1) is 12.1. The molecule has 0 aliphatic carbocycles. The molecule has 0 amide bonds. The summed E-state index contributed by atoms with van der Waals surface area (Å²) in [5.41, 5.74) is 3.84. The molecular formula is C19H17N3O2S. The predicted molar refractivity (Wildman–Crippen MR) is 99.6 cm³/mol. The molecule has 1 heterocycles. The Hall–Kier alpha value is -2.91. The van der Waals surface area contributed by atoms with E-state index in [9.17, 15) is 4.79 Å². The second-order valence-electron chi connectivity index (χ2n) is 5.47.